The van der Waals surface area contributed by atoms with Crippen LogP contribution in [-0.2, 0) is 9.78 Å². The highest BCUT2D eigenvalue weighted by molar-refractivity contribution is 6.99. The van der Waals surface area contributed by atoms with Crippen molar-refractivity contribution >= 4 is 19.2 Å². The molecule has 0 unspecified atom stereocenters. The highest BCUT2D eigenvalue weighted by Gasteiger charge is 2.26. The number of hydrogen-bond acceptors (Lipinski definition) is 3. The molecule has 0 fully saturated rings. The molecule has 137 valence electrons. The van der Waals surface area contributed by atoms with Gasteiger partial charge in [0.15, 0.2) is 0 Å². The van der Waals surface area contributed by atoms with Crippen molar-refractivity contribution in [3.05, 3.63) is 60.5 Å². The molecule has 4 heteroatoms. The van der Waals surface area contributed by atoms with Crippen molar-refractivity contribution in [2.24, 2.45) is 0 Å². The van der Waals surface area contributed by atoms with Crippen molar-refractivity contribution < 1.29 is 14.6 Å². The fourth-order valence-corrected chi connectivity index (χ4v) is 5.14. The van der Waals surface area contributed by atoms with E-state index in [9.17, 15) is 4.79 Å². The quantitative estimate of drug-likeness (QED) is 0.216. The second kappa shape index (κ2) is 11.1. The molecule has 25 heavy (non-hydrogen) atoms. The van der Waals surface area contributed by atoms with Crippen LogP contribution in [-0.4, -0.2) is 14.0 Å². The Labute approximate surface area is 153 Å². The van der Waals surface area contributed by atoms with E-state index in [0.29, 0.717) is 5.56 Å². The van der Waals surface area contributed by atoms with Crippen molar-refractivity contribution in [2.45, 2.75) is 58.9 Å². The molecule has 1 radical (unpaired) electrons. The van der Waals surface area contributed by atoms with Gasteiger partial charge in [0.2, 0.25) is 0 Å². The number of rotatable bonds is 12. The first-order valence-electron chi connectivity index (χ1n) is 9.12. The Morgan fingerprint density at radius 2 is 1.68 bits per heavy atom. The molecule has 0 atom stereocenters. The van der Waals surface area contributed by atoms with Gasteiger partial charge in [-0.3, -0.25) is 4.89 Å². The van der Waals surface area contributed by atoms with Crippen molar-refractivity contribution in [3.8, 4) is 0 Å². The Balaban J connectivity index is 2.57. The molecule has 0 bridgehead atoms. The summed E-state index contributed by atoms with van der Waals surface area (Å²) in [5.41, 5.74) is 4.52. The van der Waals surface area contributed by atoms with Gasteiger partial charge in [-0.15, -0.1) is 13.2 Å². The molecule has 0 saturated carbocycles. The lowest BCUT2D eigenvalue weighted by Crippen LogP contribution is -2.43. The first-order chi connectivity index (χ1) is 12.0. The van der Waals surface area contributed by atoms with Crippen LogP contribution in [0.4, 0.5) is 0 Å². The van der Waals surface area contributed by atoms with Gasteiger partial charge in [0.25, 0.3) is 0 Å². The van der Waals surface area contributed by atoms with Gasteiger partial charge in [-0.2, -0.15) is 4.89 Å². The fraction of sp³-hybridized carbons (Fsp3) is 0.429. The molecular weight excluding hydrogens is 328 g/mol. The van der Waals surface area contributed by atoms with Gasteiger partial charge in [-0.1, -0.05) is 68.2 Å². The van der Waals surface area contributed by atoms with E-state index in [1.807, 2.05) is 30.5 Å². The maximum atomic E-state index is 12.1. The average molecular weight is 360 g/mol. The number of unbranched alkanes of at least 4 members (excludes halogenated alkanes) is 3. The number of carbonyl (C=O) groups is 1. The van der Waals surface area contributed by atoms with Crippen LogP contribution in [0.2, 0.25) is 6.04 Å². The zero-order valence-electron chi connectivity index (χ0n) is 15.8. The summed E-state index contributed by atoms with van der Waals surface area (Å²) in [6, 6.07) is 8.50. The van der Waals surface area contributed by atoms with Crippen molar-refractivity contribution in [1.29, 1.82) is 0 Å². The predicted octanol–water partition coefficient (Wildman–Crippen LogP) is 5.42. The minimum atomic E-state index is -1.87. The Morgan fingerprint density at radius 3 is 2.20 bits per heavy atom. The highest BCUT2D eigenvalue weighted by atomic mass is 28.3. The molecule has 0 amide bonds. The molecule has 0 heterocycles. The molecule has 0 aliphatic rings. The number of hydrogen-bond donors (Lipinski definition) is 0. The van der Waals surface area contributed by atoms with Gasteiger partial charge in [0, 0.05) is 0 Å². The van der Waals surface area contributed by atoms with Gasteiger partial charge in [-0.25, -0.2) is 4.79 Å². The Morgan fingerprint density at radius 1 is 1.04 bits per heavy atom. The smallest absolute Gasteiger partial charge is 0.292 e. The zero-order valence-corrected chi connectivity index (χ0v) is 16.8. The van der Waals surface area contributed by atoms with Crippen LogP contribution in [0.3, 0.4) is 0 Å². The van der Waals surface area contributed by atoms with E-state index in [1.54, 1.807) is 12.1 Å². The van der Waals surface area contributed by atoms with Gasteiger partial charge in [0.05, 0.1) is 5.56 Å². The first-order valence-corrected chi connectivity index (χ1v) is 11.5. The molecule has 0 saturated heterocycles. The van der Waals surface area contributed by atoms with Gasteiger partial charge >= 0.3 is 5.97 Å². The molecule has 0 aliphatic carbocycles. The van der Waals surface area contributed by atoms with Crippen molar-refractivity contribution in [2.75, 3.05) is 0 Å². The van der Waals surface area contributed by atoms with Crippen molar-refractivity contribution in [1.82, 2.24) is 0 Å². The van der Waals surface area contributed by atoms with E-state index in [0.717, 1.165) is 25.0 Å². The maximum absolute atomic E-state index is 12.1. The summed E-state index contributed by atoms with van der Waals surface area (Å²) in [4.78, 5) is 22.2. The SMILES string of the molecule is C=C[Si](C=C)(CC)c1ccc(C(=O)OO[C](C)CCCCCC)cc1. The van der Waals surface area contributed by atoms with Crippen LogP contribution in [0.5, 0.6) is 0 Å². The van der Waals surface area contributed by atoms with E-state index >= 15 is 0 Å². The largest absolute Gasteiger partial charge is 0.373 e. The van der Waals surface area contributed by atoms with E-state index in [2.05, 4.69) is 27.0 Å². The van der Waals surface area contributed by atoms with Crippen LogP contribution >= 0.6 is 0 Å². The average Bonchev–Trinajstić information content (AvgIpc) is 2.65. The van der Waals surface area contributed by atoms with Gasteiger partial charge in [-0.05, 0) is 31.5 Å². The minimum absolute atomic E-state index is 0.472. The molecule has 0 aliphatic heterocycles. The van der Waals surface area contributed by atoms with Crippen LogP contribution in [0.1, 0.15) is 63.2 Å². The zero-order chi connectivity index (χ0) is 18.7. The second-order valence-electron chi connectivity index (χ2n) is 6.35. The lowest BCUT2D eigenvalue weighted by atomic mass is 10.1. The Hall–Kier alpha value is -1.65. The molecule has 3 nitrogen and oxygen atoms in total. The van der Waals surface area contributed by atoms with E-state index in [4.69, 9.17) is 9.78 Å². The molecule has 0 N–H and O–H groups in total. The summed E-state index contributed by atoms with van der Waals surface area (Å²) < 4.78 is 0. The molecule has 1 aromatic rings. The topological polar surface area (TPSA) is 35.5 Å². The summed E-state index contributed by atoms with van der Waals surface area (Å²) in [5, 5.41) is 1.19. The van der Waals surface area contributed by atoms with E-state index < -0.39 is 14.0 Å². The Bertz CT molecular complexity index is 543. The summed E-state index contributed by atoms with van der Waals surface area (Å²) in [6.07, 6.45) is 6.19. The normalized spacial score (nSPS) is 11.4. The van der Waals surface area contributed by atoms with Crippen LogP contribution in [0.25, 0.3) is 0 Å². The summed E-state index contributed by atoms with van der Waals surface area (Å²) in [5.74, 6) is -0.472. The van der Waals surface area contributed by atoms with Crippen LogP contribution in [0, 0.1) is 6.10 Å². The molecule has 1 rings (SSSR count). The summed E-state index contributed by atoms with van der Waals surface area (Å²) >= 11 is 0. The predicted molar refractivity (Wildman–Crippen MR) is 107 cm³/mol. The molecule has 1 aromatic carbocycles. The maximum Gasteiger partial charge on any atom is 0.373 e. The lowest BCUT2D eigenvalue weighted by molar-refractivity contribution is -0.233. The number of carbonyl (C=O) groups excluding carboxylic acids is 1. The van der Waals surface area contributed by atoms with Crippen LogP contribution < -0.4 is 5.19 Å². The van der Waals surface area contributed by atoms with Gasteiger partial charge < -0.3 is 0 Å². The molecular formula is C21H31O3Si. The third-order valence-electron chi connectivity index (χ3n) is 4.61. The second-order valence-corrected chi connectivity index (χ2v) is 10.5. The van der Waals surface area contributed by atoms with Crippen molar-refractivity contribution in [3.63, 3.8) is 0 Å². The first kappa shape index (κ1) is 21.4. The third-order valence-corrected chi connectivity index (χ3v) is 8.65. The highest BCUT2D eigenvalue weighted by Crippen LogP contribution is 2.16. The van der Waals surface area contributed by atoms with E-state index in [-0.39, 0.29) is 0 Å². The number of benzene rings is 1. The third kappa shape index (κ3) is 6.29. The Kier molecular flexibility index (Phi) is 9.46. The molecule has 0 spiro atoms. The standard InChI is InChI=1S/C21H31O3Si/c1-6-10-11-12-13-18(5)23-24-21(22)19-14-16-20(17-15-19)25(7-2,8-3)9-4/h7-8,14-17H,2-3,6,9-13H2,1,4-5H3. The molecule has 0 aromatic heterocycles. The summed E-state index contributed by atoms with van der Waals surface area (Å²) in [7, 11) is -1.87. The monoisotopic (exact) mass is 359 g/mol. The fourth-order valence-electron chi connectivity index (χ4n) is 2.73. The van der Waals surface area contributed by atoms with E-state index in [1.165, 1.54) is 24.4 Å². The summed E-state index contributed by atoms with van der Waals surface area (Å²) in [6.45, 7) is 14.1. The minimum Gasteiger partial charge on any atom is -0.292 e. The lowest BCUT2D eigenvalue weighted by Gasteiger charge is -2.23. The van der Waals surface area contributed by atoms with Crippen LogP contribution in [0.15, 0.2) is 48.8 Å². The van der Waals surface area contributed by atoms with Gasteiger partial charge in [0.1, 0.15) is 14.2 Å².